The van der Waals surface area contributed by atoms with Gasteiger partial charge in [0.05, 0.1) is 6.04 Å². The molecule has 2 aliphatic rings. The lowest BCUT2D eigenvalue weighted by Gasteiger charge is -2.26. The van der Waals surface area contributed by atoms with E-state index in [1.54, 1.807) is 11.9 Å². The van der Waals surface area contributed by atoms with E-state index in [1.807, 2.05) is 0 Å². The molecule has 2 fully saturated rings. The summed E-state index contributed by atoms with van der Waals surface area (Å²) in [6.45, 7) is 1.63. The number of hydrogen-bond acceptors (Lipinski definition) is 3. The Morgan fingerprint density at radius 3 is 2.75 bits per heavy atom. The molecule has 2 rings (SSSR count). The highest BCUT2D eigenvalue weighted by Crippen LogP contribution is 2.20. The molecule has 2 amide bonds. The van der Waals surface area contributed by atoms with Crippen molar-refractivity contribution in [2.75, 3.05) is 20.1 Å². The van der Waals surface area contributed by atoms with Crippen molar-refractivity contribution >= 4 is 11.8 Å². The Balaban J connectivity index is 2.01. The van der Waals surface area contributed by atoms with Crippen molar-refractivity contribution in [2.24, 2.45) is 0 Å². The van der Waals surface area contributed by atoms with Crippen molar-refractivity contribution < 1.29 is 9.59 Å². The summed E-state index contributed by atoms with van der Waals surface area (Å²) in [5, 5.41) is 5.82. The van der Waals surface area contributed by atoms with Crippen LogP contribution in [-0.4, -0.2) is 48.9 Å². The Hall–Kier alpha value is -1.10. The summed E-state index contributed by atoms with van der Waals surface area (Å²) in [7, 11) is 1.62. The number of nitrogens with one attached hydrogen (secondary N) is 2. The summed E-state index contributed by atoms with van der Waals surface area (Å²) in [4.78, 5) is 25.5. The van der Waals surface area contributed by atoms with Gasteiger partial charge in [-0.05, 0) is 32.2 Å². The lowest BCUT2D eigenvalue weighted by Crippen LogP contribution is -2.50. The summed E-state index contributed by atoms with van der Waals surface area (Å²) in [5.41, 5.74) is 0. The largest absolute Gasteiger partial charge is 0.357 e. The Bertz CT molecular complexity index is 287. The number of rotatable bonds is 2. The van der Waals surface area contributed by atoms with Gasteiger partial charge in [-0.15, -0.1) is 0 Å². The highest BCUT2D eigenvalue weighted by Gasteiger charge is 2.37. The van der Waals surface area contributed by atoms with E-state index in [-0.39, 0.29) is 23.9 Å². The van der Waals surface area contributed by atoms with Gasteiger partial charge in [-0.25, -0.2) is 0 Å². The zero-order valence-electron chi connectivity index (χ0n) is 9.66. The third kappa shape index (κ3) is 2.04. The molecule has 0 aliphatic carbocycles. The highest BCUT2D eigenvalue weighted by atomic mass is 16.2. The van der Waals surface area contributed by atoms with Crippen molar-refractivity contribution in [2.45, 2.75) is 37.8 Å². The second-order valence-electron chi connectivity index (χ2n) is 4.45. The summed E-state index contributed by atoms with van der Waals surface area (Å²) in [6, 6.07) is -0.315. The fraction of sp³-hybridized carbons (Fsp3) is 0.818. The SMILES string of the molecule is CNC(=O)C1CCCN1C(=O)[C@@H]1CCCN1. The molecule has 1 unspecified atom stereocenters. The topological polar surface area (TPSA) is 61.4 Å². The monoisotopic (exact) mass is 225 g/mol. The molecule has 0 bridgehead atoms. The van der Waals surface area contributed by atoms with Crippen LogP contribution in [-0.2, 0) is 9.59 Å². The Morgan fingerprint density at radius 1 is 1.31 bits per heavy atom. The van der Waals surface area contributed by atoms with Crippen molar-refractivity contribution in [3.05, 3.63) is 0 Å². The van der Waals surface area contributed by atoms with Gasteiger partial charge in [0.2, 0.25) is 11.8 Å². The standard InChI is InChI=1S/C11H19N3O2/c1-12-10(15)9-5-3-7-14(9)11(16)8-4-2-6-13-8/h8-9,13H,2-7H2,1H3,(H,12,15)/t8-,9?/m0/s1. The number of carbonyl (C=O) groups excluding carboxylic acids is 2. The summed E-state index contributed by atoms with van der Waals surface area (Å²) in [6.07, 6.45) is 3.67. The number of likely N-dealkylation sites (N-methyl/N-ethyl adjacent to an activating group) is 1. The normalized spacial score (nSPS) is 29.4. The van der Waals surface area contributed by atoms with Crippen molar-refractivity contribution in [1.29, 1.82) is 0 Å². The van der Waals surface area contributed by atoms with Crippen LogP contribution in [0.5, 0.6) is 0 Å². The predicted octanol–water partition coefficient (Wildman–Crippen LogP) is -0.525. The van der Waals surface area contributed by atoms with E-state index >= 15 is 0 Å². The molecule has 0 radical (unpaired) electrons. The minimum absolute atomic E-state index is 0.0381. The van der Waals surface area contributed by atoms with Crippen molar-refractivity contribution in [3.8, 4) is 0 Å². The van der Waals surface area contributed by atoms with Crippen LogP contribution in [0.2, 0.25) is 0 Å². The second kappa shape index (κ2) is 4.82. The van der Waals surface area contributed by atoms with E-state index in [4.69, 9.17) is 0 Å². The van der Waals surface area contributed by atoms with Crippen LogP contribution >= 0.6 is 0 Å². The molecule has 0 aromatic carbocycles. The lowest BCUT2D eigenvalue weighted by molar-refractivity contribution is -0.139. The maximum atomic E-state index is 12.2. The Morgan fingerprint density at radius 2 is 2.12 bits per heavy atom. The van der Waals surface area contributed by atoms with Gasteiger partial charge < -0.3 is 15.5 Å². The zero-order chi connectivity index (χ0) is 11.5. The van der Waals surface area contributed by atoms with Gasteiger partial charge in [-0.3, -0.25) is 9.59 Å². The molecule has 90 valence electrons. The van der Waals surface area contributed by atoms with E-state index in [0.29, 0.717) is 0 Å². The number of likely N-dealkylation sites (tertiary alicyclic amines) is 1. The molecular formula is C11H19N3O2. The first-order valence-corrected chi connectivity index (χ1v) is 5.99. The smallest absolute Gasteiger partial charge is 0.242 e. The van der Waals surface area contributed by atoms with Gasteiger partial charge in [0, 0.05) is 13.6 Å². The molecule has 5 nitrogen and oxygen atoms in total. The first-order chi connectivity index (χ1) is 7.74. The van der Waals surface area contributed by atoms with E-state index in [9.17, 15) is 9.59 Å². The van der Waals surface area contributed by atoms with Gasteiger partial charge in [-0.2, -0.15) is 0 Å². The maximum absolute atomic E-state index is 12.2. The molecule has 16 heavy (non-hydrogen) atoms. The van der Waals surface area contributed by atoms with Crippen molar-refractivity contribution in [1.82, 2.24) is 15.5 Å². The fourth-order valence-corrected chi connectivity index (χ4v) is 2.57. The van der Waals surface area contributed by atoms with Crippen LogP contribution in [0, 0.1) is 0 Å². The van der Waals surface area contributed by atoms with Gasteiger partial charge >= 0.3 is 0 Å². The molecule has 2 N–H and O–H groups in total. The third-order valence-corrected chi connectivity index (χ3v) is 3.44. The average molecular weight is 225 g/mol. The van der Waals surface area contributed by atoms with Gasteiger partial charge in [-0.1, -0.05) is 0 Å². The average Bonchev–Trinajstić information content (AvgIpc) is 2.97. The van der Waals surface area contributed by atoms with Crippen LogP contribution in [0.25, 0.3) is 0 Å². The van der Waals surface area contributed by atoms with Crippen LogP contribution in [0.3, 0.4) is 0 Å². The molecule has 2 heterocycles. The zero-order valence-corrected chi connectivity index (χ0v) is 9.66. The number of hydrogen-bond donors (Lipinski definition) is 2. The van der Waals surface area contributed by atoms with Crippen LogP contribution < -0.4 is 10.6 Å². The molecule has 2 atom stereocenters. The highest BCUT2D eigenvalue weighted by molar-refractivity contribution is 5.90. The molecule has 2 saturated heterocycles. The van der Waals surface area contributed by atoms with Gasteiger partial charge in [0.1, 0.15) is 6.04 Å². The number of amides is 2. The van der Waals surface area contributed by atoms with E-state index < -0.39 is 0 Å². The maximum Gasteiger partial charge on any atom is 0.242 e. The molecule has 0 spiro atoms. The summed E-state index contributed by atoms with van der Waals surface area (Å²) < 4.78 is 0. The second-order valence-corrected chi connectivity index (χ2v) is 4.45. The van der Waals surface area contributed by atoms with Gasteiger partial charge in [0.25, 0.3) is 0 Å². The van der Waals surface area contributed by atoms with Gasteiger partial charge in [0.15, 0.2) is 0 Å². The first-order valence-electron chi connectivity index (χ1n) is 5.99. The minimum Gasteiger partial charge on any atom is -0.357 e. The minimum atomic E-state index is -0.250. The molecule has 2 aliphatic heterocycles. The van der Waals surface area contributed by atoms with E-state index in [0.717, 1.165) is 38.8 Å². The summed E-state index contributed by atoms with van der Waals surface area (Å²) >= 11 is 0. The fourth-order valence-electron chi connectivity index (χ4n) is 2.57. The Labute approximate surface area is 95.6 Å². The quantitative estimate of drug-likeness (QED) is 0.664. The first kappa shape index (κ1) is 11.4. The predicted molar refractivity (Wildman–Crippen MR) is 59.8 cm³/mol. The lowest BCUT2D eigenvalue weighted by atomic mass is 10.1. The van der Waals surface area contributed by atoms with Crippen molar-refractivity contribution in [3.63, 3.8) is 0 Å². The molecule has 0 saturated carbocycles. The Kier molecular flexibility index (Phi) is 3.43. The molecule has 5 heteroatoms. The molecule has 0 aromatic heterocycles. The van der Waals surface area contributed by atoms with Crippen LogP contribution in [0.1, 0.15) is 25.7 Å². The van der Waals surface area contributed by atoms with Crippen LogP contribution in [0.4, 0.5) is 0 Å². The molecular weight excluding hydrogens is 206 g/mol. The third-order valence-electron chi connectivity index (χ3n) is 3.44. The number of nitrogens with zero attached hydrogens (tertiary/aromatic N) is 1. The summed E-state index contributed by atoms with van der Waals surface area (Å²) in [5.74, 6) is 0.0625. The van der Waals surface area contributed by atoms with E-state index in [1.165, 1.54) is 0 Å². The van der Waals surface area contributed by atoms with Crippen LogP contribution in [0.15, 0.2) is 0 Å². The van der Waals surface area contributed by atoms with E-state index in [2.05, 4.69) is 10.6 Å². The number of carbonyl (C=O) groups is 2. The molecule has 0 aromatic rings.